The van der Waals surface area contributed by atoms with E-state index in [-0.39, 0.29) is 12.5 Å². The van der Waals surface area contributed by atoms with Gasteiger partial charge >= 0.3 is 5.97 Å². The van der Waals surface area contributed by atoms with Crippen LogP contribution in [0, 0.1) is 5.92 Å². The van der Waals surface area contributed by atoms with Crippen LogP contribution in [0.5, 0.6) is 0 Å². The second kappa shape index (κ2) is 7.30. The lowest BCUT2D eigenvalue weighted by molar-refractivity contribution is -0.134. The van der Waals surface area contributed by atoms with Crippen LogP contribution in [0.4, 0.5) is 0 Å². The minimum Gasteiger partial charge on any atom is -0.452 e. The van der Waals surface area contributed by atoms with Crippen LogP contribution in [0.3, 0.4) is 0 Å². The van der Waals surface area contributed by atoms with Crippen molar-refractivity contribution in [2.24, 2.45) is 5.92 Å². The second-order valence-electron chi connectivity index (χ2n) is 6.83. The summed E-state index contributed by atoms with van der Waals surface area (Å²) in [5.41, 5.74) is 4.17. The molecule has 0 spiro atoms. The molecule has 3 rings (SSSR count). The molecule has 0 saturated heterocycles. The molecule has 5 heteroatoms. The third-order valence-corrected chi connectivity index (χ3v) is 5.11. The van der Waals surface area contributed by atoms with Crippen molar-refractivity contribution in [3.63, 3.8) is 0 Å². The number of aryl methyl sites for hydroxylation is 1. The summed E-state index contributed by atoms with van der Waals surface area (Å²) >= 11 is 0. The number of H-pyrrole nitrogens is 1. The van der Waals surface area contributed by atoms with Crippen molar-refractivity contribution in [1.82, 2.24) is 9.88 Å². The molecule has 5 nitrogen and oxygen atoms in total. The van der Waals surface area contributed by atoms with Gasteiger partial charge in [0.15, 0.2) is 6.61 Å². The maximum absolute atomic E-state index is 12.3. The Bertz CT molecular complexity index is 790. The SMILES string of the molecule is CCN(CC)C(=O)COC(=O)c1ccc2[nH]c3c(c2c1)CC(C)CC3. The Balaban J connectivity index is 1.76. The quantitative estimate of drug-likeness (QED) is 0.848. The Morgan fingerprint density at radius 2 is 2.04 bits per heavy atom. The van der Waals surface area contributed by atoms with Gasteiger partial charge in [-0.1, -0.05) is 6.92 Å². The number of fused-ring (bicyclic) bond motifs is 3. The van der Waals surface area contributed by atoms with Gasteiger partial charge in [0.2, 0.25) is 0 Å². The van der Waals surface area contributed by atoms with Crippen molar-refractivity contribution in [3.8, 4) is 0 Å². The number of aromatic amines is 1. The van der Waals surface area contributed by atoms with Gasteiger partial charge in [0, 0.05) is 29.7 Å². The van der Waals surface area contributed by atoms with Crippen molar-refractivity contribution < 1.29 is 14.3 Å². The van der Waals surface area contributed by atoms with Gasteiger partial charge in [0.05, 0.1) is 5.56 Å². The molecule has 1 unspecified atom stereocenters. The Kier molecular flexibility index (Phi) is 5.11. The lowest BCUT2D eigenvalue weighted by Gasteiger charge is -2.18. The molecule has 1 atom stereocenters. The summed E-state index contributed by atoms with van der Waals surface area (Å²) in [6, 6.07) is 5.59. The Hall–Kier alpha value is -2.30. The Labute approximate surface area is 148 Å². The van der Waals surface area contributed by atoms with E-state index in [0.717, 1.165) is 23.7 Å². The van der Waals surface area contributed by atoms with Gasteiger partial charge in [-0.25, -0.2) is 4.79 Å². The second-order valence-corrected chi connectivity index (χ2v) is 6.83. The number of carbonyl (C=O) groups is 2. The van der Waals surface area contributed by atoms with Crippen LogP contribution >= 0.6 is 0 Å². The first-order valence-electron chi connectivity index (χ1n) is 9.11. The highest BCUT2D eigenvalue weighted by Crippen LogP contribution is 2.32. The minimum atomic E-state index is -0.443. The van der Waals surface area contributed by atoms with Crippen LogP contribution in [-0.4, -0.2) is 41.5 Å². The van der Waals surface area contributed by atoms with E-state index in [2.05, 4.69) is 11.9 Å². The maximum Gasteiger partial charge on any atom is 0.338 e. The fourth-order valence-electron chi connectivity index (χ4n) is 3.60. The summed E-state index contributed by atoms with van der Waals surface area (Å²) in [6.45, 7) is 7.11. The summed E-state index contributed by atoms with van der Waals surface area (Å²) in [4.78, 5) is 29.5. The van der Waals surface area contributed by atoms with E-state index in [9.17, 15) is 9.59 Å². The number of esters is 1. The van der Waals surface area contributed by atoms with Gasteiger partial charge in [-0.05, 0) is 62.8 Å². The monoisotopic (exact) mass is 342 g/mol. The first-order chi connectivity index (χ1) is 12.0. The number of carbonyl (C=O) groups excluding carboxylic acids is 2. The van der Waals surface area contributed by atoms with E-state index in [0.29, 0.717) is 24.6 Å². The zero-order chi connectivity index (χ0) is 18.0. The molecule has 1 aromatic heterocycles. The largest absolute Gasteiger partial charge is 0.452 e. The van der Waals surface area contributed by atoms with Crippen molar-refractivity contribution in [2.45, 2.75) is 40.0 Å². The molecule has 0 bridgehead atoms. The summed E-state index contributed by atoms with van der Waals surface area (Å²) in [5.74, 6) is 0.0577. The molecule has 1 aliphatic rings. The van der Waals surface area contributed by atoms with E-state index in [1.165, 1.54) is 17.7 Å². The topological polar surface area (TPSA) is 62.4 Å². The average molecular weight is 342 g/mol. The predicted molar refractivity (Wildman–Crippen MR) is 97.7 cm³/mol. The molecule has 134 valence electrons. The standard InChI is InChI=1S/C20H26N2O3/c1-4-22(5-2)19(23)12-25-20(24)14-7-9-18-16(11-14)15-10-13(3)6-8-17(15)21-18/h7,9,11,13,21H,4-6,8,10,12H2,1-3H3. The molecular weight excluding hydrogens is 316 g/mol. The number of likely N-dealkylation sites (N-methyl/N-ethyl adjacent to an activating group) is 1. The minimum absolute atomic E-state index is 0.160. The van der Waals surface area contributed by atoms with Gasteiger partial charge in [-0.15, -0.1) is 0 Å². The van der Waals surface area contributed by atoms with E-state index in [1.807, 2.05) is 26.0 Å². The molecule has 1 heterocycles. The van der Waals surface area contributed by atoms with Crippen LogP contribution in [0.1, 0.15) is 48.8 Å². The lowest BCUT2D eigenvalue weighted by Crippen LogP contribution is -2.34. The molecule has 1 aliphatic carbocycles. The van der Waals surface area contributed by atoms with Crippen LogP contribution in [0.15, 0.2) is 18.2 Å². The highest BCUT2D eigenvalue weighted by Gasteiger charge is 2.21. The van der Waals surface area contributed by atoms with Crippen LogP contribution in [-0.2, 0) is 22.4 Å². The zero-order valence-corrected chi connectivity index (χ0v) is 15.2. The number of nitrogens with one attached hydrogen (secondary N) is 1. The normalized spacial score (nSPS) is 16.5. The summed E-state index contributed by atoms with van der Waals surface area (Å²) in [6.07, 6.45) is 3.29. The smallest absolute Gasteiger partial charge is 0.338 e. The fraction of sp³-hybridized carbons (Fsp3) is 0.500. The fourth-order valence-corrected chi connectivity index (χ4v) is 3.60. The molecule has 1 aromatic carbocycles. The van der Waals surface area contributed by atoms with Gasteiger partial charge in [-0.3, -0.25) is 4.79 Å². The number of ether oxygens (including phenoxy) is 1. The van der Waals surface area contributed by atoms with Crippen molar-refractivity contribution >= 4 is 22.8 Å². The number of hydrogen-bond donors (Lipinski definition) is 1. The molecule has 25 heavy (non-hydrogen) atoms. The molecule has 0 saturated carbocycles. The van der Waals surface area contributed by atoms with Gasteiger partial charge in [-0.2, -0.15) is 0 Å². The van der Waals surface area contributed by atoms with Crippen LogP contribution in [0.25, 0.3) is 10.9 Å². The predicted octanol–water partition coefficient (Wildman–Crippen LogP) is 3.32. The molecule has 0 fully saturated rings. The number of rotatable bonds is 5. The average Bonchev–Trinajstić information content (AvgIpc) is 2.97. The maximum atomic E-state index is 12.3. The van der Waals surface area contributed by atoms with Gasteiger partial charge in [0.1, 0.15) is 0 Å². The number of benzene rings is 1. The number of hydrogen-bond acceptors (Lipinski definition) is 3. The van der Waals surface area contributed by atoms with Crippen molar-refractivity contribution in [2.75, 3.05) is 19.7 Å². The third kappa shape index (κ3) is 3.55. The highest BCUT2D eigenvalue weighted by atomic mass is 16.5. The van der Waals surface area contributed by atoms with Crippen LogP contribution in [0.2, 0.25) is 0 Å². The van der Waals surface area contributed by atoms with E-state index < -0.39 is 5.97 Å². The Morgan fingerprint density at radius 3 is 2.76 bits per heavy atom. The number of nitrogens with zero attached hydrogens (tertiary/aromatic N) is 1. The van der Waals surface area contributed by atoms with Gasteiger partial charge < -0.3 is 14.6 Å². The Morgan fingerprint density at radius 1 is 1.28 bits per heavy atom. The van der Waals surface area contributed by atoms with E-state index >= 15 is 0 Å². The van der Waals surface area contributed by atoms with Gasteiger partial charge in [0.25, 0.3) is 5.91 Å². The first-order valence-corrected chi connectivity index (χ1v) is 9.11. The number of aromatic nitrogens is 1. The third-order valence-electron chi connectivity index (χ3n) is 5.11. The first kappa shape index (κ1) is 17.5. The molecular formula is C20H26N2O3. The molecule has 0 aliphatic heterocycles. The molecule has 1 amide bonds. The summed E-state index contributed by atoms with van der Waals surface area (Å²) in [5, 5.41) is 1.10. The van der Waals surface area contributed by atoms with E-state index in [4.69, 9.17) is 4.74 Å². The molecule has 0 radical (unpaired) electrons. The zero-order valence-electron chi connectivity index (χ0n) is 15.2. The van der Waals surface area contributed by atoms with Crippen molar-refractivity contribution in [1.29, 1.82) is 0 Å². The highest BCUT2D eigenvalue weighted by molar-refractivity contribution is 5.97. The van der Waals surface area contributed by atoms with Crippen LogP contribution < -0.4 is 0 Å². The summed E-state index contributed by atoms with van der Waals surface area (Å²) < 4.78 is 5.22. The molecule has 2 aromatic rings. The number of amides is 1. The van der Waals surface area contributed by atoms with Crippen molar-refractivity contribution in [3.05, 3.63) is 35.0 Å². The lowest BCUT2D eigenvalue weighted by atomic mass is 9.87. The molecule has 1 N–H and O–H groups in total. The van der Waals surface area contributed by atoms with E-state index in [1.54, 1.807) is 11.0 Å². The summed E-state index contributed by atoms with van der Waals surface area (Å²) in [7, 11) is 0.